The van der Waals surface area contributed by atoms with E-state index in [-0.39, 0.29) is 0 Å². The smallest absolute Gasteiger partial charge is 0.153 e. The fourth-order valence-electron chi connectivity index (χ4n) is 3.15. The average Bonchev–Trinajstić information content (AvgIpc) is 2.43. The Bertz CT molecular complexity index is 423. The maximum absolute atomic E-state index is 10.9. The van der Waals surface area contributed by atoms with E-state index in [9.17, 15) is 4.79 Å². The summed E-state index contributed by atoms with van der Waals surface area (Å²) in [5, 5.41) is 0. The van der Waals surface area contributed by atoms with E-state index in [0.717, 1.165) is 31.1 Å². The molecule has 0 radical (unpaired) electrons. The molecule has 1 aromatic rings. The van der Waals surface area contributed by atoms with Crippen LogP contribution < -0.4 is 4.74 Å². The molecule has 1 aromatic carbocycles. The molecule has 3 heteroatoms. The third-order valence-corrected chi connectivity index (χ3v) is 3.87. The van der Waals surface area contributed by atoms with E-state index in [1.165, 1.54) is 19.5 Å². The van der Waals surface area contributed by atoms with E-state index < -0.39 is 0 Å². The van der Waals surface area contributed by atoms with Crippen LogP contribution in [-0.4, -0.2) is 37.4 Å². The zero-order valence-electron chi connectivity index (χ0n) is 12.5. The van der Waals surface area contributed by atoms with Crippen molar-refractivity contribution >= 4 is 6.29 Å². The van der Waals surface area contributed by atoms with Crippen LogP contribution in [0.3, 0.4) is 0 Å². The summed E-state index contributed by atoms with van der Waals surface area (Å²) in [6.45, 7) is 8.82. The minimum absolute atomic E-state index is 0.632. The fourth-order valence-corrected chi connectivity index (χ4v) is 3.15. The molecule has 0 saturated carbocycles. The number of carbonyl (C=O) groups is 1. The van der Waals surface area contributed by atoms with Crippen molar-refractivity contribution in [1.29, 1.82) is 0 Å². The van der Waals surface area contributed by atoms with Crippen molar-refractivity contribution < 1.29 is 9.53 Å². The second-order valence-corrected chi connectivity index (χ2v) is 6.06. The van der Waals surface area contributed by atoms with Gasteiger partial charge in [-0.3, -0.25) is 4.79 Å². The van der Waals surface area contributed by atoms with Crippen LogP contribution in [0.25, 0.3) is 0 Å². The number of benzene rings is 1. The highest BCUT2D eigenvalue weighted by molar-refractivity contribution is 5.79. The van der Waals surface area contributed by atoms with Gasteiger partial charge >= 0.3 is 0 Å². The van der Waals surface area contributed by atoms with Gasteiger partial charge in [0.15, 0.2) is 6.29 Å². The molecule has 0 aliphatic carbocycles. The standard InChI is InChI=1S/C17H25NO2/c1-14-10-15(2)12-18(11-14)8-5-9-20-17-7-4-3-6-16(17)13-19/h3-4,6-7,13-15H,5,8-12H2,1-2H3/t14-,15+. The van der Waals surface area contributed by atoms with Gasteiger partial charge in [0.1, 0.15) is 5.75 Å². The number of piperidine rings is 1. The van der Waals surface area contributed by atoms with Crippen molar-refractivity contribution in [1.82, 2.24) is 4.90 Å². The Morgan fingerprint density at radius 2 is 1.95 bits per heavy atom. The van der Waals surface area contributed by atoms with Crippen molar-refractivity contribution in [2.24, 2.45) is 11.8 Å². The van der Waals surface area contributed by atoms with Crippen molar-refractivity contribution in [2.45, 2.75) is 26.7 Å². The summed E-state index contributed by atoms with van der Waals surface area (Å²) in [5.74, 6) is 2.30. The number of aldehydes is 1. The Labute approximate surface area is 121 Å². The summed E-state index contributed by atoms with van der Waals surface area (Å²) in [5.41, 5.74) is 0.632. The van der Waals surface area contributed by atoms with Gasteiger partial charge in [-0.1, -0.05) is 26.0 Å². The van der Waals surface area contributed by atoms with E-state index in [4.69, 9.17) is 4.74 Å². The molecule has 110 valence electrons. The van der Waals surface area contributed by atoms with Crippen molar-refractivity contribution in [3.8, 4) is 5.75 Å². The lowest BCUT2D eigenvalue weighted by molar-refractivity contribution is 0.111. The van der Waals surface area contributed by atoms with Gasteiger partial charge in [0, 0.05) is 19.6 Å². The SMILES string of the molecule is C[C@@H]1C[C@H](C)CN(CCCOc2ccccc2C=O)C1. The molecule has 0 unspecified atom stereocenters. The molecule has 1 heterocycles. The first-order valence-electron chi connectivity index (χ1n) is 7.58. The Hall–Kier alpha value is -1.35. The number of ether oxygens (including phenoxy) is 1. The van der Waals surface area contributed by atoms with Gasteiger partial charge in [0.2, 0.25) is 0 Å². The number of hydrogen-bond acceptors (Lipinski definition) is 3. The van der Waals surface area contributed by atoms with E-state index >= 15 is 0 Å². The Kier molecular flexibility index (Phi) is 5.60. The predicted molar refractivity (Wildman–Crippen MR) is 81.3 cm³/mol. The van der Waals surface area contributed by atoms with Crippen LogP contribution in [0.4, 0.5) is 0 Å². The minimum atomic E-state index is 0.632. The average molecular weight is 275 g/mol. The highest BCUT2D eigenvalue weighted by Crippen LogP contribution is 2.21. The van der Waals surface area contributed by atoms with E-state index in [1.54, 1.807) is 6.07 Å². The molecular formula is C17H25NO2. The molecule has 0 bridgehead atoms. The van der Waals surface area contributed by atoms with Crippen molar-refractivity contribution in [3.63, 3.8) is 0 Å². The second kappa shape index (κ2) is 7.44. The lowest BCUT2D eigenvalue weighted by Crippen LogP contribution is -2.39. The monoisotopic (exact) mass is 275 g/mol. The lowest BCUT2D eigenvalue weighted by atomic mass is 9.92. The van der Waals surface area contributed by atoms with Gasteiger partial charge < -0.3 is 9.64 Å². The molecule has 0 spiro atoms. The molecule has 20 heavy (non-hydrogen) atoms. The molecule has 1 saturated heterocycles. The molecule has 1 aliphatic rings. The molecular weight excluding hydrogens is 250 g/mol. The number of likely N-dealkylation sites (tertiary alicyclic amines) is 1. The Morgan fingerprint density at radius 1 is 1.25 bits per heavy atom. The normalized spacial score (nSPS) is 23.5. The van der Waals surface area contributed by atoms with Crippen LogP contribution in [0.15, 0.2) is 24.3 Å². The van der Waals surface area contributed by atoms with E-state index in [0.29, 0.717) is 17.9 Å². The topological polar surface area (TPSA) is 29.5 Å². The first-order chi connectivity index (χ1) is 9.69. The zero-order chi connectivity index (χ0) is 14.4. The number of para-hydroxylation sites is 1. The van der Waals surface area contributed by atoms with E-state index in [2.05, 4.69) is 18.7 Å². The van der Waals surface area contributed by atoms with Gasteiger partial charge in [-0.05, 0) is 36.8 Å². The first-order valence-corrected chi connectivity index (χ1v) is 7.58. The molecule has 2 atom stereocenters. The summed E-state index contributed by atoms with van der Waals surface area (Å²) in [6, 6.07) is 7.40. The summed E-state index contributed by atoms with van der Waals surface area (Å²) >= 11 is 0. The third kappa shape index (κ3) is 4.34. The minimum Gasteiger partial charge on any atom is -0.493 e. The van der Waals surface area contributed by atoms with Crippen LogP contribution in [0.2, 0.25) is 0 Å². The maximum Gasteiger partial charge on any atom is 0.153 e. The van der Waals surface area contributed by atoms with Gasteiger partial charge in [0.05, 0.1) is 12.2 Å². The van der Waals surface area contributed by atoms with Crippen LogP contribution in [0.1, 0.15) is 37.0 Å². The Balaban J connectivity index is 1.72. The largest absolute Gasteiger partial charge is 0.493 e. The molecule has 2 rings (SSSR count). The fraction of sp³-hybridized carbons (Fsp3) is 0.588. The van der Waals surface area contributed by atoms with Crippen LogP contribution >= 0.6 is 0 Å². The number of nitrogens with zero attached hydrogens (tertiary/aromatic N) is 1. The number of carbonyl (C=O) groups excluding carboxylic acids is 1. The van der Waals surface area contributed by atoms with Gasteiger partial charge in [-0.2, -0.15) is 0 Å². The quantitative estimate of drug-likeness (QED) is 0.589. The summed E-state index contributed by atoms with van der Waals surface area (Å²) in [7, 11) is 0. The lowest BCUT2D eigenvalue weighted by Gasteiger charge is -2.34. The molecule has 0 N–H and O–H groups in total. The zero-order valence-corrected chi connectivity index (χ0v) is 12.5. The summed E-state index contributed by atoms with van der Waals surface area (Å²) in [4.78, 5) is 13.4. The molecule has 0 aromatic heterocycles. The number of hydrogen-bond donors (Lipinski definition) is 0. The number of rotatable bonds is 6. The van der Waals surface area contributed by atoms with Gasteiger partial charge in [-0.15, -0.1) is 0 Å². The highest BCUT2D eigenvalue weighted by atomic mass is 16.5. The van der Waals surface area contributed by atoms with Crippen molar-refractivity contribution in [2.75, 3.05) is 26.2 Å². The van der Waals surface area contributed by atoms with Crippen LogP contribution in [0.5, 0.6) is 5.75 Å². The van der Waals surface area contributed by atoms with Crippen LogP contribution in [-0.2, 0) is 0 Å². The molecule has 1 fully saturated rings. The highest BCUT2D eigenvalue weighted by Gasteiger charge is 2.21. The van der Waals surface area contributed by atoms with Crippen LogP contribution in [0, 0.1) is 11.8 Å². The summed E-state index contributed by atoms with van der Waals surface area (Å²) < 4.78 is 5.71. The molecule has 0 amide bonds. The van der Waals surface area contributed by atoms with Gasteiger partial charge in [0.25, 0.3) is 0 Å². The third-order valence-electron chi connectivity index (χ3n) is 3.87. The molecule has 3 nitrogen and oxygen atoms in total. The van der Waals surface area contributed by atoms with Gasteiger partial charge in [-0.25, -0.2) is 0 Å². The summed E-state index contributed by atoms with van der Waals surface area (Å²) in [6.07, 6.45) is 3.20. The second-order valence-electron chi connectivity index (χ2n) is 6.06. The first kappa shape index (κ1) is 15.0. The molecule has 1 aliphatic heterocycles. The Morgan fingerprint density at radius 3 is 2.65 bits per heavy atom. The van der Waals surface area contributed by atoms with E-state index in [1.807, 2.05) is 18.2 Å². The maximum atomic E-state index is 10.9. The predicted octanol–water partition coefficient (Wildman–Crippen LogP) is 3.25. The van der Waals surface area contributed by atoms with Crippen molar-refractivity contribution in [3.05, 3.63) is 29.8 Å².